The zero-order chi connectivity index (χ0) is 8.39. The standard InChI is InChI=1S/C9H15NOS/c11-9(8-1-2-8)10-5-7-3-4-12-6-7/h7-8H,1-6H2,(H,10,11). The summed E-state index contributed by atoms with van der Waals surface area (Å²) < 4.78 is 0. The number of carbonyl (C=O) groups excluding carboxylic acids is 1. The molecule has 0 radical (unpaired) electrons. The molecule has 68 valence electrons. The van der Waals surface area contributed by atoms with Gasteiger partial charge >= 0.3 is 0 Å². The second-order valence-electron chi connectivity index (χ2n) is 3.75. The Morgan fingerprint density at radius 1 is 1.42 bits per heavy atom. The molecule has 0 aromatic heterocycles. The van der Waals surface area contributed by atoms with Crippen molar-refractivity contribution in [1.82, 2.24) is 5.32 Å². The lowest BCUT2D eigenvalue weighted by atomic mass is 10.1. The second-order valence-corrected chi connectivity index (χ2v) is 4.90. The van der Waals surface area contributed by atoms with E-state index in [1.807, 2.05) is 11.8 Å². The number of rotatable bonds is 3. The van der Waals surface area contributed by atoms with E-state index in [0.29, 0.717) is 11.8 Å². The average Bonchev–Trinajstić information content (AvgIpc) is 2.80. The Kier molecular flexibility index (Phi) is 2.59. The first kappa shape index (κ1) is 8.42. The summed E-state index contributed by atoms with van der Waals surface area (Å²) in [7, 11) is 0. The summed E-state index contributed by atoms with van der Waals surface area (Å²) in [6, 6.07) is 0. The highest BCUT2D eigenvalue weighted by atomic mass is 32.2. The lowest BCUT2D eigenvalue weighted by Crippen LogP contribution is -2.30. The SMILES string of the molecule is O=C(NCC1CCSC1)C1CC1. The van der Waals surface area contributed by atoms with Crippen LogP contribution in [0.5, 0.6) is 0 Å². The molecule has 1 atom stereocenters. The first-order valence-electron chi connectivity index (χ1n) is 4.71. The van der Waals surface area contributed by atoms with Crippen molar-refractivity contribution in [2.75, 3.05) is 18.1 Å². The van der Waals surface area contributed by atoms with E-state index < -0.39 is 0 Å². The molecule has 1 aliphatic carbocycles. The van der Waals surface area contributed by atoms with Gasteiger partial charge in [0.2, 0.25) is 5.91 Å². The zero-order valence-corrected chi connectivity index (χ0v) is 8.03. The second kappa shape index (κ2) is 3.69. The van der Waals surface area contributed by atoms with Gasteiger partial charge in [-0.25, -0.2) is 0 Å². The van der Waals surface area contributed by atoms with Crippen molar-refractivity contribution in [1.29, 1.82) is 0 Å². The Hall–Kier alpha value is -0.180. The van der Waals surface area contributed by atoms with Crippen LogP contribution in [-0.4, -0.2) is 24.0 Å². The quantitative estimate of drug-likeness (QED) is 0.717. The number of nitrogens with one attached hydrogen (secondary N) is 1. The van der Waals surface area contributed by atoms with E-state index in [2.05, 4.69) is 5.32 Å². The maximum Gasteiger partial charge on any atom is 0.223 e. The molecule has 2 rings (SSSR count). The number of hydrogen-bond donors (Lipinski definition) is 1. The third-order valence-electron chi connectivity index (χ3n) is 2.54. The summed E-state index contributed by atoms with van der Waals surface area (Å²) >= 11 is 2.01. The number of hydrogen-bond acceptors (Lipinski definition) is 2. The Labute approximate surface area is 77.5 Å². The molecule has 1 unspecified atom stereocenters. The minimum Gasteiger partial charge on any atom is -0.356 e. The topological polar surface area (TPSA) is 29.1 Å². The predicted octanol–water partition coefficient (Wildman–Crippen LogP) is 1.27. The van der Waals surface area contributed by atoms with Crippen molar-refractivity contribution < 1.29 is 4.79 Å². The summed E-state index contributed by atoms with van der Waals surface area (Å²) in [5.41, 5.74) is 0. The van der Waals surface area contributed by atoms with Crippen molar-refractivity contribution >= 4 is 17.7 Å². The maximum absolute atomic E-state index is 11.2. The highest BCUT2D eigenvalue weighted by molar-refractivity contribution is 7.99. The van der Waals surface area contributed by atoms with E-state index in [1.54, 1.807) is 0 Å². The van der Waals surface area contributed by atoms with Crippen LogP contribution in [0, 0.1) is 11.8 Å². The molecular weight excluding hydrogens is 170 g/mol. The number of amides is 1. The smallest absolute Gasteiger partial charge is 0.223 e. The van der Waals surface area contributed by atoms with Crippen molar-refractivity contribution in [3.8, 4) is 0 Å². The zero-order valence-electron chi connectivity index (χ0n) is 7.21. The van der Waals surface area contributed by atoms with Crippen LogP contribution >= 0.6 is 11.8 Å². The van der Waals surface area contributed by atoms with Crippen LogP contribution in [0.1, 0.15) is 19.3 Å². The first-order chi connectivity index (χ1) is 5.86. The fourth-order valence-corrected chi connectivity index (χ4v) is 2.76. The van der Waals surface area contributed by atoms with Crippen LogP contribution in [0.15, 0.2) is 0 Å². The summed E-state index contributed by atoms with van der Waals surface area (Å²) in [5, 5.41) is 3.03. The van der Waals surface area contributed by atoms with Gasteiger partial charge in [0.1, 0.15) is 0 Å². The lowest BCUT2D eigenvalue weighted by molar-refractivity contribution is -0.122. The third-order valence-corrected chi connectivity index (χ3v) is 3.77. The van der Waals surface area contributed by atoms with Gasteiger partial charge < -0.3 is 5.32 Å². The normalized spacial score (nSPS) is 28.8. The van der Waals surface area contributed by atoms with Crippen molar-refractivity contribution in [2.45, 2.75) is 19.3 Å². The van der Waals surface area contributed by atoms with Crippen molar-refractivity contribution in [2.24, 2.45) is 11.8 Å². The fourth-order valence-electron chi connectivity index (χ4n) is 1.48. The molecule has 0 aromatic rings. The van der Waals surface area contributed by atoms with Gasteiger partial charge in [0.15, 0.2) is 0 Å². The van der Waals surface area contributed by atoms with E-state index in [9.17, 15) is 4.79 Å². The first-order valence-corrected chi connectivity index (χ1v) is 5.87. The number of thioether (sulfide) groups is 1. The molecule has 0 aromatic carbocycles. The Balaban J connectivity index is 1.63. The van der Waals surface area contributed by atoms with Crippen LogP contribution in [0.3, 0.4) is 0 Å². The molecule has 1 amide bonds. The van der Waals surface area contributed by atoms with Gasteiger partial charge in [-0.2, -0.15) is 11.8 Å². The Morgan fingerprint density at radius 3 is 2.83 bits per heavy atom. The van der Waals surface area contributed by atoms with E-state index in [0.717, 1.165) is 25.3 Å². The molecule has 1 heterocycles. The molecule has 2 fully saturated rings. The van der Waals surface area contributed by atoms with Crippen LogP contribution < -0.4 is 5.32 Å². The predicted molar refractivity (Wildman–Crippen MR) is 51.2 cm³/mol. The lowest BCUT2D eigenvalue weighted by Gasteiger charge is -2.08. The highest BCUT2D eigenvalue weighted by Crippen LogP contribution is 2.29. The molecule has 3 heteroatoms. The van der Waals surface area contributed by atoms with Crippen LogP contribution in [-0.2, 0) is 4.79 Å². The largest absolute Gasteiger partial charge is 0.356 e. The van der Waals surface area contributed by atoms with Gasteiger partial charge in [-0.05, 0) is 36.7 Å². The summed E-state index contributed by atoms with van der Waals surface area (Å²) in [6.45, 7) is 0.919. The molecule has 1 saturated heterocycles. The van der Waals surface area contributed by atoms with Crippen molar-refractivity contribution in [3.05, 3.63) is 0 Å². The molecule has 1 N–H and O–H groups in total. The third kappa shape index (κ3) is 2.16. The summed E-state index contributed by atoms with van der Waals surface area (Å²) in [4.78, 5) is 11.2. The van der Waals surface area contributed by atoms with E-state index in [-0.39, 0.29) is 0 Å². The van der Waals surface area contributed by atoms with Crippen LogP contribution in [0.25, 0.3) is 0 Å². The van der Waals surface area contributed by atoms with Gasteiger partial charge in [-0.1, -0.05) is 0 Å². The van der Waals surface area contributed by atoms with Gasteiger partial charge in [0.05, 0.1) is 0 Å². The average molecular weight is 185 g/mol. The van der Waals surface area contributed by atoms with E-state index in [4.69, 9.17) is 0 Å². The minimum atomic E-state index is 0.298. The van der Waals surface area contributed by atoms with E-state index >= 15 is 0 Å². The fraction of sp³-hybridized carbons (Fsp3) is 0.889. The molecule has 1 saturated carbocycles. The van der Waals surface area contributed by atoms with Crippen LogP contribution in [0.2, 0.25) is 0 Å². The van der Waals surface area contributed by atoms with Crippen LogP contribution in [0.4, 0.5) is 0 Å². The molecule has 2 nitrogen and oxygen atoms in total. The summed E-state index contributed by atoms with van der Waals surface area (Å²) in [6.07, 6.45) is 3.52. The molecule has 2 aliphatic rings. The Morgan fingerprint density at radius 2 is 2.25 bits per heavy atom. The number of carbonyl (C=O) groups is 1. The molecular formula is C9H15NOS. The molecule has 1 aliphatic heterocycles. The van der Waals surface area contributed by atoms with E-state index in [1.165, 1.54) is 17.9 Å². The van der Waals surface area contributed by atoms with Gasteiger partial charge in [-0.3, -0.25) is 4.79 Å². The van der Waals surface area contributed by atoms with Gasteiger partial charge in [0, 0.05) is 12.5 Å². The van der Waals surface area contributed by atoms with Gasteiger partial charge in [-0.15, -0.1) is 0 Å². The highest BCUT2D eigenvalue weighted by Gasteiger charge is 2.29. The molecule has 0 bridgehead atoms. The van der Waals surface area contributed by atoms with Crippen molar-refractivity contribution in [3.63, 3.8) is 0 Å². The minimum absolute atomic E-state index is 0.298. The monoisotopic (exact) mass is 185 g/mol. The molecule has 12 heavy (non-hydrogen) atoms. The van der Waals surface area contributed by atoms with Gasteiger partial charge in [0.25, 0.3) is 0 Å². The molecule has 0 spiro atoms. The Bertz CT molecular complexity index is 173. The summed E-state index contributed by atoms with van der Waals surface area (Å²) in [5.74, 6) is 3.94. The maximum atomic E-state index is 11.2.